The summed E-state index contributed by atoms with van der Waals surface area (Å²) in [5.41, 5.74) is 6.77. The SMILES string of the molecule is CC(C)Oc1nc(N)nc(NCCc2cnn(C)c2)n1. The smallest absolute Gasteiger partial charge is 0.323 e. The molecular formula is C12H19N7O. The van der Waals surface area contributed by atoms with E-state index in [0.29, 0.717) is 12.5 Å². The third-order valence-electron chi connectivity index (χ3n) is 2.43. The van der Waals surface area contributed by atoms with Crippen molar-refractivity contribution >= 4 is 11.9 Å². The average Bonchev–Trinajstić information content (AvgIpc) is 2.73. The maximum absolute atomic E-state index is 5.63. The van der Waals surface area contributed by atoms with Gasteiger partial charge >= 0.3 is 6.01 Å². The van der Waals surface area contributed by atoms with E-state index in [4.69, 9.17) is 10.5 Å². The summed E-state index contributed by atoms with van der Waals surface area (Å²) < 4.78 is 7.18. The van der Waals surface area contributed by atoms with E-state index in [2.05, 4.69) is 25.4 Å². The molecule has 108 valence electrons. The third-order valence-corrected chi connectivity index (χ3v) is 2.43. The van der Waals surface area contributed by atoms with E-state index in [1.165, 1.54) is 0 Å². The largest absolute Gasteiger partial charge is 0.461 e. The number of aryl methyl sites for hydroxylation is 1. The van der Waals surface area contributed by atoms with Gasteiger partial charge in [-0.05, 0) is 25.8 Å². The summed E-state index contributed by atoms with van der Waals surface area (Å²) >= 11 is 0. The van der Waals surface area contributed by atoms with E-state index in [0.717, 1.165) is 12.0 Å². The molecule has 0 saturated carbocycles. The maximum atomic E-state index is 5.63. The van der Waals surface area contributed by atoms with Crippen LogP contribution in [0.4, 0.5) is 11.9 Å². The van der Waals surface area contributed by atoms with E-state index in [9.17, 15) is 0 Å². The molecule has 0 spiro atoms. The molecule has 0 aliphatic carbocycles. The second-order valence-electron chi connectivity index (χ2n) is 4.67. The highest BCUT2D eigenvalue weighted by Gasteiger charge is 2.07. The van der Waals surface area contributed by atoms with Gasteiger partial charge < -0.3 is 15.8 Å². The summed E-state index contributed by atoms with van der Waals surface area (Å²) in [6.07, 6.45) is 4.60. The minimum atomic E-state index is -0.0138. The number of ether oxygens (including phenoxy) is 1. The van der Waals surface area contributed by atoms with Gasteiger partial charge in [-0.15, -0.1) is 0 Å². The fourth-order valence-electron chi connectivity index (χ4n) is 1.63. The van der Waals surface area contributed by atoms with Crippen molar-refractivity contribution in [2.45, 2.75) is 26.4 Å². The highest BCUT2D eigenvalue weighted by molar-refractivity contribution is 5.32. The predicted octanol–water partition coefficient (Wildman–Crippen LogP) is 0.629. The Kier molecular flexibility index (Phi) is 4.34. The Labute approximate surface area is 117 Å². The summed E-state index contributed by atoms with van der Waals surface area (Å²) in [5, 5.41) is 7.21. The summed E-state index contributed by atoms with van der Waals surface area (Å²) in [5.74, 6) is 0.552. The molecule has 0 radical (unpaired) electrons. The summed E-state index contributed by atoms with van der Waals surface area (Å²) in [7, 11) is 1.89. The fourth-order valence-corrected chi connectivity index (χ4v) is 1.63. The molecule has 3 N–H and O–H groups in total. The van der Waals surface area contributed by atoms with Gasteiger partial charge in [-0.3, -0.25) is 4.68 Å². The molecule has 2 aromatic heterocycles. The highest BCUT2D eigenvalue weighted by Crippen LogP contribution is 2.10. The van der Waals surface area contributed by atoms with E-state index in [1.807, 2.05) is 33.3 Å². The molecule has 0 aromatic carbocycles. The highest BCUT2D eigenvalue weighted by atomic mass is 16.5. The number of nitrogens with one attached hydrogen (secondary N) is 1. The van der Waals surface area contributed by atoms with Crippen LogP contribution < -0.4 is 15.8 Å². The monoisotopic (exact) mass is 277 g/mol. The lowest BCUT2D eigenvalue weighted by Crippen LogP contribution is -2.14. The molecule has 20 heavy (non-hydrogen) atoms. The molecule has 0 aliphatic rings. The van der Waals surface area contributed by atoms with Crippen molar-refractivity contribution in [1.82, 2.24) is 24.7 Å². The quantitative estimate of drug-likeness (QED) is 0.798. The summed E-state index contributed by atoms with van der Waals surface area (Å²) in [6, 6.07) is 0.233. The van der Waals surface area contributed by atoms with Gasteiger partial charge in [0.1, 0.15) is 0 Å². The number of rotatable bonds is 6. The van der Waals surface area contributed by atoms with Crippen LogP contribution in [0.5, 0.6) is 6.01 Å². The average molecular weight is 277 g/mol. The number of aromatic nitrogens is 5. The summed E-state index contributed by atoms with van der Waals surface area (Å²) in [4.78, 5) is 12.1. The Morgan fingerprint density at radius 2 is 2.15 bits per heavy atom. The molecule has 0 fully saturated rings. The molecule has 2 rings (SSSR count). The fraction of sp³-hybridized carbons (Fsp3) is 0.500. The number of nitrogens with two attached hydrogens (primary N) is 1. The topological polar surface area (TPSA) is 104 Å². The lowest BCUT2D eigenvalue weighted by Gasteiger charge is -2.09. The van der Waals surface area contributed by atoms with Gasteiger partial charge in [-0.2, -0.15) is 20.1 Å². The maximum Gasteiger partial charge on any atom is 0.323 e. The zero-order chi connectivity index (χ0) is 14.5. The zero-order valence-electron chi connectivity index (χ0n) is 11.9. The minimum absolute atomic E-state index is 0.0138. The lowest BCUT2D eigenvalue weighted by molar-refractivity contribution is 0.222. The molecule has 0 bridgehead atoms. The molecule has 0 saturated heterocycles. The number of nitrogens with zero attached hydrogens (tertiary/aromatic N) is 5. The van der Waals surface area contributed by atoms with Gasteiger partial charge in [0.05, 0.1) is 12.3 Å². The van der Waals surface area contributed by atoms with Crippen LogP contribution in [0.1, 0.15) is 19.4 Å². The van der Waals surface area contributed by atoms with Crippen molar-refractivity contribution in [2.75, 3.05) is 17.6 Å². The van der Waals surface area contributed by atoms with Crippen LogP contribution in [0, 0.1) is 0 Å². The number of hydrogen-bond acceptors (Lipinski definition) is 7. The summed E-state index contributed by atoms with van der Waals surface area (Å²) in [6.45, 7) is 4.47. The normalized spacial score (nSPS) is 10.8. The van der Waals surface area contributed by atoms with Gasteiger partial charge in [-0.1, -0.05) is 0 Å². The molecular weight excluding hydrogens is 258 g/mol. The van der Waals surface area contributed by atoms with Gasteiger partial charge in [0.2, 0.25) is 11.9 Å². The van der Waals surface area contributed by atoms with Crippen molar-refractivity contribution in [3.8, 4) is 6.01 Å². The van der Waals surface area contributed by atoms with Crippen LogP contribution in [0.2, 0.25) is 0 Å². The van der Waals surface area contributed by atoms with Crippen molar-refractivity contribution in [2.24, 2.45) is 7.05 Å². The van der Waals surface area contributed by atoms with Gasteiger partial charge in [-0.25, -0.2) is 0 Å². The minimum Gasteiger partial charge on any atom is -0.461 e. The van der Waals surface area contributed by atoms with Crippen molar-refractivity contribution in [3.05, 3.63) is 18.0 Å². The van der Waals surface area contributed by atoms with E-state index in [-0.39, 0.29) is 18.1 Å². The van der Waals surface area contributed by atoms with Gasteiger partial charge in [0.25, 0.3) is 0 Å². The number of hydrogen-bond donors (Lipinski definition) is 2. The van der Waals surface area contributed by atoms with Crippen molar-refractivity contribution in [3.63, 3.8) is 0 Å². The van der Waals surface area contributed by atoms with Crippen LogP contribution in [0.25, 0.3) is 0 Å². The standard InChI is InChI=1S/C12H19N7O/c1-8(2)20-12-17-10(13)16-11(18-12)14-5-4-9-6-15-19(3)7-9/h6-8H,4-5H2,1-3H3,(H3,13,14,16,17,18). The molecule has 8 nitrogen and oxygen atoms in total. The predicted molar refractivity (Wildman–Crippen MR) is 75.4 cm³/mol. The molecule has 8 heteroatoms. The van der Waals surface area contributed by atoms with Crippen LogP contribution in [-0.4, -0.2) is 37.4 Å². The third kappa shape index (κ3) is 4.08. The molecule has 2 aromatic rings. The molecule has 0 amide bonds. The van der Waals surface area contributed by atoms with E-state index >= 15 is 0 Å². The Bertz CT molecular complexity index is 567. The number of anilines is 2. The Morgan fingerprint density at radius 1 is 1.35 bits per heavy atom. The Balaban J connectivity index is 1.93. The van der Waals surface area contributed by atoms with Crippen LogP contribution in [0.3, 0.4) is 0 Å². The Morgan fingerprint density at radius 3 is 2.80 bits per heavy atom. The van der Waals surface area contributed by atoms with Crippen molar-refractivity contribution < 1.29 is 4.74 Å². The first-order valence-electron chi connectivity index (χ1n) is 6.42. The molecule has 0 aliphatic heterocycles. The number of nitrogen functional groups attached to an aromatic ring is 1. The zero-order valence-corrected chi connectivity index (χ0v) is 11.9. The van der Waals surface area contributed by atoms with Crippen LogP contribution in [-0.2, 0) is 13.5 Å². The Hall–Kier alpha value is -2.38. The first kappa shape index (κ1) is 14.0. The van der Waals surface area contributed by atoms with E-state index in [1.54, 1.807) is 4.68 Å². The first-order valence-corrected chi connectivity index (χ1v) is 6.42. The van der Waals surface area contributed by atoms with Gasteiger partial charge in [0.15, 0.2) is 0 Å². The lowest BCUT2D eigenvalue weighted by atomic mass is 10.2. The molecule has 0 unspecified atom stereocenters. The first-order chi connectivity index (χ1) is 9.52. The van der Waals surface area contributed by atoms with Gasteiger partial charge in [0, 0.05) is 19.8 Å². The molecule has 0 atom stereocenters. The molecule has 2 heterocycles. The van der Waals surface area contributed by atoms with Crippen LogP contribution in [0.15, 0.2) is 12.4 Å². The second kappa shape index (κ2) is 6.18. The van der Waals surface area contributed by atoms with Crippen LogP contribution >= 0.6 is 0 Å². The van der Waals surface area contributed by atoms with E-state index < -0.39 is 0 Å². The van der Waals surface area contributed by atoms with Crippen molar-refractivity contribution in [1.29, 1.82) is 0 Å². The second-order valence-corrected chi connectivity index (χ2v) is 4.67.